The van der Waals surface area contributed by atoms with Gasteiger partial charge in [0.15, 0.2) is 0 Å². The van der Waals surface area contributed by atoms with Crippen molar-refractivity contribution in [3.8, 4) is 0 Å². The number of hydrogen-bond acceptors (Lipinski definition) is 4. The number of benzene rings is 2. The zero-order chi connectivity index (χ0) is 17.9. The van der Waals surface area contributed by atoms with Gasteiger partial charge in [0.05, 0.1) is 11.7 Å². The summed E-state index contributed by atoms with van der Waals surface area (Å²) in [7, 11) is 0. The number of para-hydroxylation sites is 1. The van der Waals surface area contributed by atoms with Crippen LogP contribution in [0.15, 0.2) is 54.6 Å². The number of hydrazine groups is 1. The van der Waals surface area contributed by atoms with Gasteiger partial charge in [-0.05, 0) is 43.7 Å². The molecular formula is C20H25N3O2. The molecule has 2 atom stereocenters. The van der Waals surface area contributed by atoms with E-state index in [0.717, 1.165) is 25.1 Å². The Bertz CT molecular complexity index is 717. The van der Waals surface area contributed by atoms with Crippen LogP contribution < -0.4 is 16.2 Å². The smallest absolute Gasteiger partial charge is 0.265 e. The number of anilines is 1. The van der Waals surface area contributed by atoms with Crippen LogP contribution in [0.4, 0.5) is 5.69 Å². The van der Waals surface area contributed by atoms with E-state index < -0.39 is 0 Å². The Morgan fingerprint density at radius 1 is 1.24 bits per heavy atom. The van der Waals surface area contributed by atoms with Gasteiger partial charge in [-0.2, -0.15) is 0 Å². The molecule has 1 saturated heterocycles. The van der Waals surface area contributed by atoms with E-state index >= 15 is 0 Å². The fraction of sp³-hybridized carbons (Fsp3) is 0.350. The molecular weight excluding hydrogens is 314 g/mol. The molecule has 0 radical (unpaired) electrons. The highest BCUT2D eigenvalue weighted by atomic mass is 16.5. The first-order valence-electron chi connectivity index (χ1n) is 8.57. The Kier molecular flexibility index (Phi) is 5.06. The Labute approximate surface area is 148 Å². The number of amides is 1. The van der Waals surface area contributed by atoms with E-state index in [1.807, 2.05) is 18.2 Å². The van der Waals surface area contributed by atoms with Crippen molar-refractivity contribution in [1.29, 1.82) is 0 Å². The van der Waals surface area contributed by atoms with Gasteiger partial charge in [-0.25, -0.2) is 5.84 Å². The highest BCUT2D eigenvalue weighted by Gasteiger charge is 2.35. The molecule has 0 spiro atoms. The van der Waals surface area contributed by atoms with Gasteiger partial charge in [-0.15, -0.1) is 0 Å². The highest BCUT2D eigenvalue weighted by molar-refractivity contribution is 5.93. The largest absolute Gasteiger partial charge is 0.368 e. The lowest BCUT2D eigenvalue weighted by molar-refractivity contribution is -0.0864. The number of carbonyl (C=O) groups is 1. The molecule has 0 saturated carbocycles. The lowest BCUT2D eigenvalue weighted by Gasteiger charge is -2.45. The van der Waals surface area contributed by atoms with Crippen molar-refractivity contribution < 1.29 is 9.53 Å². The van der Waals surface area contributed by atoms with E-state index in [2.05, 4.69) is 48.4 Å². The second-order valence-corrected chi connectivity index (χ2v) is 6.94. The van der Waals surface area contributed by atoms with Gasteiger partial charge in [0.1, 0.15) is 0 Å². The fourth-order valence-electron chi connectivity index (χ4n) is 3.56. The molecule has 1 amide bonds. The molecule has 2 unspecified atom stereocenters. The third kappa shape index (κ3) is 4.18. The molecule has 2 aromatic carbocycles. The summed E-state index contributed by atoms with van der Waals surface area (Å²) in [6.07, 6.45) is 0.937. The van der Waals surface area contributed by atoms with Crippen LogP contribution in [0.3, 0.4) is 0 Å². The summed E-state index contributed by atoms with van der Waals surface area (Å²) >= 11 is 0. The van der Waals surface area contributed by atoms with Crippen LogP contribution in [0.25, 0.3) is 0 Å². The van der Waals surface area contributed by atoms with Gasteiger partial charge < -0.3 is 9.64 Å². The monoisotopic (exact) mass is 339 g/mol. The predicted molar refractivity (Wildman–Crippen MR) is 99.4 cm³/mol. The van der Waals surface area contributed by atoms with Crippen molar-refractivity contribution in [2.75, 3.05) is 18.0 Å². The van der Waals surface area contributed by atoms with Crippen LogP contribution in [-0.4, -0.2) is 30.7 Å². The molecule has 3 N–H and O–H groups in total. The second-order valence-electron chi connectivity index (χ2n) is 6.94. The molecule has 1 aliphatic rings. The average molecular weight is 339 g/mol. The maximum Gasteiger partial charge on any atom is 0.265 e. The molecule has 0 aromatic heterocycles. The fourth-order valence-corrected chi connectivity index (χ4v) is 3.56. The Hall–Kier alpha value is -2.37. The number of nitrogens with one attached hydrogen (secondary N) is 1. The van der Waals surface area contributed by atoms with Gasteiger partial charge in [-0.3, -0.25) is 10.2 Å². The number of nitrogens with two attached hydrogens (primary N) is 1. The average Bonchev–Trinajstić information content (AvgIpc) is 2.61. The Balaban J connectivity index is 1.75. The first-order valence-corrected chi connectivity index (χ1v) is 8.57. The third-order valence-corrected chi connectivity index (χ3v) is 4.54. The van der Waals surface area contributed by atoms with E-state index in [-0.39, 0.29) is 17.6 Å². The summed E-state index contributed by atoms with van der Waals surface area (Å²) in [5.41, 5.74) is 4.78. The molecule has 5 heteroatoms. The van der Waals surface area contributed by atoms with Gasteiger partial charge >= 0.3 is 0 Å². The van der Waals surface area contributed by atoms with Crippen molar-refractivity contribution >= 4 is 11.6 Å². The zero-order valence-electron chi connectivity index (χ0n) is 14.7. The summed E-state index contributed by atoms with van der Waals surface area (Å²) in [5.74, 6) is 4.89. The number of nitrogen functional groups attached to an aromatic ring is 1. The summed E-state index contributed by atoms with van der Waals surface area (Å²) in [6, 6.07) is 18.0. The third-order valence-electron chi connectivity index (χ3n) is 4.54. The number of ether oxygens (including phenoxy) is 1. The lowest BCUT2D eigenvalue weighted by atomic mass is 9.92. The number of rotatable bonds is 4. The van der Waals surface area contributed by atoms with Crippen molar-refractivity contribution in [3.05, 3.63) is 65.7 Å². The molecule has 5 nitrogen and oxygen atoms in total. The van der Waals surface area contributed by atoms with Crippen LogP contribution in [0.1, 0.15) is 29.8 Å². The predicted octanol–water partition coefficient (Wildman–Crippen LogP) is 2.52. The molecule has 0 bridgehead atoms. The molecule has 1 fully saturated rings. The molecule has 25 heavy (non-hydrogen) atoms. The maximum atomic E-state index is 11.6. The van der Waals surface area contributed by atoms with Crippen LogP contribution >= 0.6 is 0 Å². The molecule has 1 heterocycles. The molecule has 3 rings (SSSR count). The van der Waals surface area contributed by atoms with Crippen molar-refractivity contribution in [3.63, 3.8) is 0 Å². The van der Waals surface area contributed by atoms with E-state index in [0.29, 0.717) is 5.56 Å². The summed E-state index contributed by atoms with van der Waals surface area (Å²) < 4.78 is 6.29. The molecule has 2 aromatic rings. The van der Waals surface area contributed by atoms with Crippen molar-refractivity contribution in [2.45, 2.75) is 32.0 Å². The SMILES string of the molecule is CC1CN(c2ccccc2)CC(C)(Cc2ccc(C(=O)NN)cc2)O1. The van der Waals surface area contributed by atoms with Crippen LogP contribution in [0.5, 0.6) is 0 Å². The van der Waals surface area contributed by atoms with Gasteiger partial charge in [0.2, 0.25) is 0 Å². The lowest BCUT2D eigenvalue weighted by Crippen LogP contribution is -2.54. The van der Waals surface area contributed by atoms with E-state index in [4.69, 9.17) is 10.6 Å². The van der Waals surface area contributed by atoms with Crippen LogP contribution in [0, 0.1) is 0 Å². The number of nitrogens with zero attached hydrogens (tertiary/aromatic N) is 1. The first-order chi connectivity index (χ1) is 12.0. The normalized spacial score (nSPS) is 23.3. The van der Waals surface area contributed by atoms with E-state index in [1.54, 1.807) is 12.1 Å². The molecule has 0 aliphatic carbocycles. The summed E-state index contributed by atoms with van der Waals surface area (Å²) in [4.78, 5) is 13.9. The summed E-state index contributed by atoms with van der Waals surface area (Å²) in [5, 5.41) is 0. The second kappa shape index (κ2) is 7.25. The maximum absolute atomic E-state index is 11.6. The van der Waals surface area contributed by atoms with Crippen LogP contribution in [0.2, 0.25) is 0 Å². The topological polar surface area (TPSA) is 67.6 Å². The van der Waals surface area contributed by atoms with E-state index in [9.17, 15) is 4.79 Å². The van der Waals surface area contributed by atoms with Gasteiger partial charge in [0, 0.05) is 30.8 Å². The number of hydrogen-bond donors (Lipinski definition) is 2. The number of morpholine rings is 1. The minimum atomic E-state index is -0.287. The molecule has 132 valence electrons. The van der Waals surface area contributed by atoms with Crippen molar-refractivity contribution in [1.82, 2.24) is 5.43 Å². The Morgan fingerprint density at radius 2 is 1.92 bits per heavy atom. The highest BCUT2D eigenvalue weighted by Crippen LogP contribution is 2.29. The Morgan fingerprint density at radius 3 is 2.56 bits per heavy atom. The minimum Gasteiger partial charge on any atom is -0.368 e. The zero-order valence-corrected chi connectivity index (χ0v) is 14.7. The van der Waals surface area contributed by atoms with E-state index in [1.165, 1.54) is 5.69 Å². The quantitative estimate of drug-likeness (QED) is 0.510. The minimum absolute atomic E-state index is 0.154. The van der Waals surface area contributed by atoms with Crippen LogP contribution in [-0.2, 0) is 11.2 Å². The van der Waals surface area contributed by atoms with Crippen molar-refractivity contribution in [2.24, 2.45) is 5.84 Å². The summed E-state index contributed by atoms with van der Waals surface area (Å²) in [6.45, 7) is 5.97. The van der Waals surface area contributed by atoms with Gasteiger partial charge in [0.25, 0.3) is 5.91 Å². The first kappa shape index (κ1) is 17.5. The standard InChI is InChI=1S/C20H25N3O2/c1-15-13-23(18-6-4-3-5-7-18)14-20(2,25-15)12-16-8-10-17(11-9-16)19(24)22-21/h3-11,15H,12-14,21H2,1-2H3,(H,22,24). The molecule has 1 aliphatic heterocycles. The number of carbonyl (C=O) groups excluding carboxylic acids is 1. The van der Waals surface area contributed by atoms with Gasteiger partial charge in [-0.1, -0.05) is 30.3 Å².